The van der Waals surface area contributed by atoms with Crippen LogP contribution in [0.25, 0.3) is 10.9 Å². The first-order valence-electron chi connectivity index (χ1n) is 8.41. The Hall–Kier alpha value is -1.97. The van der Waals surface area contributed by atoms with Crippen molar-refractivity contribution in [2.45, 2.75) is 64.5 Å². The Bertz CT molecular complexity index is 708. The number of ether oxygens (including phenoxy) is 1. The van der Waals surface area contributed by atoms with Gasteiger partial charge in [0.1, 0.15) is 5.60 Å². The normalized spacial score (nSPS) is 16.3. The number of benzene rings is 1. The Labute approximate surface area is 137 Å². The molecule has 1 heterocycles. The molecule has 1 saturated carbocycles. The van der Waals surface area contributed by atoms with E-state index in [1.54, 1.807) is 0 Å². The number of carbonyl (C=O) groups is 1. The Kier molecular flexibility index (Phi) is 4.09. The summed E-state index contributed by atoms with van der Waals surface area (Å²) in [5, 5.41) is 4.15. The third-order valence-corrected chi connectivity index (χ3v) is 4.13. The minimum atomic E-state index is -0.468. The van der Waals surface area contributed by atoms with Crippen LogP contribution >= 0.6 is 0 Å². The molecule has 1 aromatic carbocycles. The summed E-state index contributed by atoms with van der Waals surface area (Å²) >= 11 is 0. The van der Waals surface area contributed by atoms with Crippen LogP contribution in [0.1, 0.15) is 57.6 Å². The van der Waals surface area contributed by atoms with Crippen molar-refractivity contribution in [2.24, 2.45) is 0 Å². The van der Waals surface area contributed by atoms with Crippen molar-refractivity contribution in [1.29, 1.82) is 0 Å². The van der Waals surface area contributed by atoms with E-state index in [0.717, 1.165) is 12.3 Å². The number of nitrogens with one attached hydrogen (secondary N) is 2. The van der Waals surface area contributed by atoms with Crippen molar-refractivity contribution in [2.75, 3.05) is 0 Å². The van der Waals surface area contributed by atoms with Crippen LogP contribution in [0.5, 0.6) is 0 Å². The maximum absolute atomic E-state index is 11.8. The van der Waals surface area contributed by atoms with Crippen LogP contribution in [0.4, 0.5) is 4.79 Å². The average Bonchev–Trinajstić information content (AvgIpc) is 3.20. The van der Waals surface area contributed by atoms with Crippen LogP contribution in [-0.2, 0) is 11.2 Å². The second-order valence-electron chi connectivity index (χ2n) is 7.64. The summed E-state index contributed by atoms with van der Waals surface area (Å²) in [5.74, 6) is 0.763. The first kappa shape index (κ1) is 15.9. The maximum atomic E-state index is 11.8. The van der Waals surface area contributed by atoms with Gasteiger partial charge in [0.05, 0.1) is 0 Å². The molecule has 124 valence electrons. The Morgan fingerprint density at radius 1 is 1.39 bits per heavy atom. The zero-order valence-corrected chi connectivity index (χ0v) is 14.4. The van der Waals surface area contributed by atoms with Crippen molar-refractivity contribution >= 4 is 17.0 Å². The summed E-state index contributed by atoms with van der Waals surface area (Å²) < 4.78 is 5.31. The molecule has 1 aliphatic carbocycles. The van der Waals surface area contributed by atoms with E-state index in [9.17, 15) is 4.79 Å². The summed E-state index contributed by atoms with van der Waals surface area (Å²) in [7, 11) is 0. The molecular weight excluding hydrogens is 288 g/mol. The minimum Gasteiger partial charge on any atom is -0.444 e. The SMILES string of the molecule is C[C@H](Cc1c[nH]c2cc(C3CC3)ccc12)NC(=O)OC(C)(C)C. The maximum Gasteiger partial charge on any atom is 0.407 e. The molecule has 2 aromatic rings. The van der Waals surface area contributed by atoms with Gasteiger partial charge in [-0.3, -0.25) is 0 Å². The number of hydrogen-bond acceptors (Lipinski definition) is 2. The first-order chi connectivity index (χ1) is 10.8. The molecule has 0 spiro atoms. The van der Waals surface area contributed by atoms with Crippen LogP contribution in [0.3, 0.4) is 0 Å². The van der Waals surface area contributed by atoms with Gasteiger partial charge in [0, 0.05) is 23.1 Å². The van der Waals surface area contributed by atoms with Crippen LogP contribution in [0.15, 0.2) is 24.4 Å². The van der Waals surface area contributed by atoms with Crippen LogP contribution < -0.4 is 5.32 Å². The Morgan fingerprint density at radius 2 is 2.13 bits per heavy atom. The van der Waals surface area contributed by atoms with E-state index in [-0.39, 0.29) is 12.1 Å². The number of aromatic amines is 1. The summed E-state index contributed by atoms with van der Waals surface area (Å²) in [4.78, 5) is 15.2. The minimum absolute atomic E-state index is 0.0203. The van der Waals surface area contributed by atoms with Gasteiger partial charge < -0.3 is 15.0 Å². The van der Waals surface area contributed by atoms with Gasteiger partial charge in [0.2, 0.25) is 0 Å². The van der Waals surface area contributed by atoms with E-state index in [1.165, 1.54) is 34.9 Å². The van der Waals surface area contributed by atoms with E-state index >= 15 is 0 Å². The molecule has 0 bridgehead atoms. The van der Waals surface area contributed by atoms with Gasteiger partial charge in [-0.2, -0.15) is 0 Å². The summed E-state index contributed by atoms with van der Waals surface area (Å²) in [6.45, 7) is 7.61. The van der Waals surface area contributed by atoms with Gasteiger partial charge in [-0.05, 0) is 70.1 Å². The van der Waals surface area contributed by atoms with Crippen molar-refractivity contribution in [1.82, 2.24) is 10.3 Å². The lowest BCUT2D eigenvalue weighted by atomic mass is 10.0. The Morgan fingerprint density at radius 3 is 2.78 bits per heavy atom. The number of alkyl carbamates (subject to hydrolysis) is 1. The first-order valence-corrected chi connectivity index (χ1v) is 8.41. The number of aromatic nitrogens is 1. The molecule has 1 aromatic heterocycles. The van der Waals surface area contributed by atoms with E-state index in [4.69, 9.17) is 4.74 Å². The van der Waals surface area contributed by atoms with E-state index in [2.05, 4.69) is 34.7 Å². The van der Waals surface area contributed by atoms with E-state index < -0.39 is 5.60 Å². The zero-order valence-electron chi connectivity index (χ0n) is 14.4. The topological polar surface area (TPSA) is 54.1 Å². The zero-order chi connectivity index (χ0) is 16.6. The molecule has 0 unspecified atom stereocenters. The smallest absolute Gasteiger partial charge is 0.407 e. The van der Waals surface area contributed by atoms with Gasteiger partial charge in [0.15, 0.2) is 0 Å². The third-order valence-electron chi connectivity index (χ3n) is 4.13. The Balaban J connectivity index is 1.65. The fraction of sp³-hybridized carbons (Fsp3) is 0.526. The van der Waals surface area contributed by atoms with Gasteiger partial charge in [-0.15, -0.1) is 0 Å². The molecule has 4 heteroatoms. The molecule has 0 saturated heterocycles. The number of fused-ring (bicyclic) bond motifs is 1. The number of carbonyl (C=O) groups excluding carboxylic acids is 1. The van der Waals surface area contributed by atoms with Gasteiger partial charge >= 0.3 is 6.09 Å². The predicted octanol–water partition coefficient (Wildman–Crippen LogP) is 4.50. The quantitative estimate of drug-likeness (QED) is 0.873. The molecule has 0 radical (unpaired) electrons. The molecule has 2 N–H and O–H groups in total. The largest absolute Gasteiger partial charge is 0.444 e. The molecular formula is C19H26N2O2. The average molecular weight is 314 g/mol. The molecule has 1 amide bonds. The predicted molar refractivity (Wildman–Crippen MR) is 92.8 cm³/mol. The molecule has 0 aliphatic heterocycles. The van der Waals surface area contributed by atoms with Crippen LogP contribution in [-0.4, -0.2) is 22.7 Å². The lowest BCUT2D eigenvalue weighted by Crippen LogP contribution is -2.38. The van der Waals surface area contributed by atoms with E-state index in [1.807, 2.05) is 27.7 Å². The third kappa shape index (κ3) is 4.06. The van der Waals surface area contributed by atoms with Gasteiger partial charge in [0.25, 0.3) is 0 Å². The number of hydrogen-bond donors (Lipinski definition) is 2. The number of H-pyrrole nitrogens is 1. The van der Waals surface area contributed by atoms with Crippen molar-refractivity contribution < 1.29 is 9.53 Å². The second-order valence-corrected chi connectivity index (χ2v) is 7.64. The molecule has 1 aliphatic rings. The molecule has 1 fully saturated rings. The molecule has 4 nitrogen and oxygen atoms in total. The highest BCUT2D eigenvalue weighted by Crippen LogP contribution is 2.41. The molecule has 1 atom stereocenters. The van der Waals surface area contributed by atoms with Crippen molar-refractivity contribution in [3.63, 3.8) is 0 Å². The monoisotopic (exact) mass is 314 g/mol. The van der Waals surface area contributed by atoms with E-state index in [0.29, 0.717) is 0 Å². The van der Waals surface area contributed by atoms with Crippen molar-refractivity contribution in [3.8, 4) is 0 Å². The van der Waals surface area contributed by atoms with Gasteiger partial charge in [-0.1, -0.05) is 12.1 Å². The number of rotatable bonds is 4. The lowest BCUT2D eigenvalue weighted by Gasteiger charge is -2.21. The van der Waals surface area contributed by atoms with Gasteiger partial charge in [-0.25, -0.2) is 4.79 Å². The highest BCUT2D eigenvalue weighted by atomic mass is 16.6. The highest BCUT2D eigenvalue weighted by Gasteiger charge is 2.24. The number of amides is 1. The second kappa shape index (κ2) is 5.91. The molecule has 3 rings (SSSR count). The highest BCUT2D eigenvalue weighted by molar-refractivity contribution is 5.84. The summed E-state index contributed by atoms with van der Waals surface area (Å²) in [6.07, 6.45) is 5.10. The molecule has 23 heavy (non-hydrogen) atoms. The lowest BCUT2D eigenvalue weighted by molar-refractivity contribution is 0.0508. The van der Waals surface area contributed by atoms with Crippen LogP contribution in [0.2, 0.25) is 0 Å². The van der Waals surface area contributed by atoms with Crippen molar-refractivity contribution in [3.05, 3.63) is 35.5 Å². The fourth-order valence-electron chi connectivity index (χ4n) is 2.93. The van der Waals surface area contributed by atoms with Crippen LogP contribution in [0, 0.1) is 0 Å². The summed E-state index contributed by atoms with van der Waals surface area (Å²) in [6, 6.07) is 6.73. The standard InChI is InChI=1S/C19H26N2O2/c1-12(21-18(22)23-19(2,3)4)9-15-11-20-17-10-14(13-5-6-13)7-8-16(15)17/h7-8,10-13,20H,5-6,9H2,1-4H3,(H,21,22)/t12-/m1/s1. The fourth-order valence-corrected chi connectivity index (χ4v) is 2.93. The summed E-state index contributed by atoms with van der Waals surface area (Å²) in [5.41, 5.74) is 3.38.